The second-order valence-electron chi connectivity index (χ2n) is 3.25. The van der Waals surface area contributed by atoms with E-state index in [9.17, 15) is 9.59 Å². The van der Waals surface area contributed by atoms with Crippen LogP contribution in [0.3, 0.4) is 0 Å². The molecule has 0 unspecified atom stereocenters. The minimum absolute atomic E-state index is 0.273. The van der Waals surface area contributed by atoms with E-state index in [1.165, 1.54) is 11.3 Å². The van der Waals surface area contributed by atoms with E-state index in [0.717, 1.165) is 9.88 Å². The number of hydrogen-bond acceptors (Lipinski definition) is 5. The van der Waals surface area contributed by atoms with Crippen LogP contribution in [0.15, 0.2) is 6.20 Å². The lowest BCUT2D eigenvalue weighted by Crippen LogP contribution is -2.47. The summed E-state index contributed by atoms with van der Waals surface area (Å²) in [5, 5.41) is 22.8. The van der Waals surface area contributed by atoms with Gasteiger partial charge in [0.1, 0.15) is 0 Å². The van der Waals surface area contributed by atoms with E-state index in [1.807, 2.05) is 6.92 Å². The van der Waals surface area contributed by atoms with Gasteiger partial charge in [0.15, 0.2) is 6.04 Å². The largest absolute Gasteiger partial charge is 0.480 e. The number of aryl methyl sites for hydroxylation is 1. The summed E-state index contributed by atoms with van der Waals surface area (Å²) >= 11 is 1.44. The number of aliphatic hydroxyl groups is 1. The van der Waals surface area contributed by atoms with Gasteiger partial charge in [0.05, 0.1) is 18.2 Å². The molecule has 1 heterocycles. The summed E-state index contributed by atoms with van der Waals surface area (Å²) in [6.07, 6.45) is 1.64. The predicted molar refractivity (Wildman–Crippen MR) is 60.7 cm³/mol. The number of hydrogen-bond donors (Lipinski definition) is 4. The van der Waals surface area contributed by atoms with Gasteiger partial charge in [-0.25, -0.2) is 14.6 Å². The summed E-state index contributed by atoms with van der Waals surface area (Å²) in [6, 6.07) is -1.93. The zero-order valence-electron chi connectivity index (χ0n) is 9.14. The van der Waals surface area contributed by atoms with Crippen molar-refractivity contribution in [3.05, 3.63) is 16.1 Å². The maximum Gasteiger partial charge on any atom is 0.328 e. The van der Waals surface area contributed by atoms with Crippen LogP contribution in [0, 0.1) is 6.92 Å². The minimum Gasteiger partial charge on any atom is -0.480 e. The number of urea groups is 1. The molecule has 8 heteroatoms. The molecular formula is C9H13N3O4S. The van der Waals surface area contributed by atoms with Gasteiger partial charge in [-0.05, 0) is 6.92 Å². The molecular weight excluding hydrogens is 246 g/mol. The predicted octanol–water partition coefficient (Wildman–Crippen LogP) is -0.304. The third kappa shape index (κ3) is 4.37. The first-order chi connectivity index (χ1) is 8.02. The number of nitrogens with zero attached hydrogens (tertiary/aromatic N) is 1. The smallest absolute Gasteiger partial charge is 0.328 e. The fraction of sp³-hybridized carbons (Fsp3) is 0.444. The number of aromatic nitrogens is 1. The van der Waals surface area contributed by atoms with Crippen molar-refractivity contribution in [1.82, 2.24) is 15.6 Å². The number of aliphatic hydroxyl groups excluding tert-OH is 1. The molecule has 0 aliphatic rings. The third-order valence-electron chi connectivity index (χ3n) is 1.88. The summed E-state index contributed by atoms with van der Waals surface area (Å²) in [5.41, 5.74) is 0. The second kappa shape index (κ2) is 6.16. The number of carbonyl (C=O) groups excluding carboxylic acids is 1. The monoisotopic (exact) mass is 259 g/mol. The number of thiazole rings is 1. The van der Waals surface area contributed by atoms with Crippen LogP contribution in [0.1, 0.15) is 9.88 Å². The average molecular weight is 259 g/mol. The topological polar surface area (TPSA) is 112 Å². The van der Waals surface area contributed by atoms with Gasteiger partial charge < -0.3 is 20.8 Å². The summed E-state index contributed by atoms with van der Waals surface area (Å²) in [4.78, 5) is 26.7. The van der Waals surface area contributed by atoms with Gasteiger partial charge in [0, 0.05) is 11.1 Å². The molecule has 4 N–H and O–H groups in total. The van der Waals surface area contributed by atoms with Crippen molar-refractivity contribution >= 4 is 23.3 Å². The van der Waals surface area contributed by atoms with Gasteiger partial charge in [-0.2, -0.15) is 0 Å². The van der Waals surface area contributed by atoms with E-state index in [4.69, 9.17) is 10.2 Å². The molecule has 7 nitrogen and oxygen atoms in total. The lowest BCUT2D eigenvalue weighted by atomic mass is 10.3. The van der Waals surface area contributed by atoms with Gasteiger partial charge in [-0.1, -0.05) is 0 Å². The van der Waals surface area contributed by atoms with Crippen molar-refractivity contribution in [1.29, 1.82) is 0 Å². The first-order valence-corrected chi connectivity index (χ1v) is 5.64. The molecule has 1 atom stereocenters. The SMILES string of the molecule is Cc1ncc(CNC(=O)N[C@H](CO)C(=O)O)s1. The molecule has 17 heavy (non-hydrogen) atoms. The van der Waals surface area contributed by atoms with Gasteiger partial charge in [-0.15, -0.1) is 11.3 Å². The molecule has 0 fully saturated rings. The standard InChI is InChI=1S/C9H13N3O4S/c1-5-10-2-6(17-5)3-11-9(16)12-7(4-13)8(14)15/h2,7,13H,3-4H2,1H3,(H,14,15)(H2,11,12,16)/t7-/m1/s1. The molecule has 0 aliphatic heterocycles. The Balaban J connectivity index is 2.37. The molecule has 0 aromatic carbocycles. The van der Waals surface area contributed by atoms with E-state index in [-0.39, 0.29) is 6.54 Å². The van der Waals surface area contributed by atoms with Crippen LogP contribution >= 0.6 is 11.3 Å². The van der Waals surface area contributed by atoms with Gasteiger partial charge in [0.2, 0.25) is 0 Å². The molecule has 0 saturated heterocycles. The van der Waals surface area contributed by atoms with E-state index in [2.05, 4.69) is 15.6 Å². The first-order valence-electron chi connectivity index (χ1n) is 4.82. The molecule has 1 aromatic heterocycles. The van der Waals surface area contributed by atoms with Crippen molar-refractivity contribution in [3.63, 3.8) is 0 Å². The van der Waals surface area contributed by atoms with Crippen LogP contribution in [0.2, 0.25) is 0 Å². The average Bonchev–Trinajstić information content (AvgIpc) is 2.68. The highest BCUT2D eigenvalue weighted by Gasteiger charge is 2.18. The zero-order valence-corrected chi connectivity index (χ0v) is 9.95. The van der Waals surface area contributed by atoms with Crippen LogP contribution in [-0.4, -0.2) is 39.8 Å². The normalized spacial score (nSPS) is 11.9. The van der Waals surface area contributed by atoms with Gasteiger partial charge >= 0.3 is 12.0 Å². The first kappa shape index (κ1) is 13.4. The molecule has 94 valence electrons. The molecule has 0 saturated carbocycles. The Morgan fingerprint density at radius 1 is 1.59 bits per heavy atom. The van der Waals surface area contributed by atoms with Crippen LogP contribution in [0.4, 0.5) is 4.79 Å². The van der Waals surface area contributed by atoms with E-state index < -0.39 is 24.6 Å². The van der Waals surface area contributed by atoms with E-state index in [0.29, 0.717) is 0 Å². The van der Waals surface area contributed by atoms with Crippen molar-refractivity contribution in [2.75, 3.05) is 6.61 Å². The maximum atomic E-state index is 11.3. The Kier molecular flexibility index (Phi) is 4.85. The Labute approximate surface area is 101 Å². The number of nitrogens with one attached hydrogen (secondary N) is 2. The zero-order chi connectivity index (χ0) is 12.8. The van der Waals surface area contributed by atoms with Crippen LogP contribution in [0.5, 0.6) is 0 Å². The van der Waals surface area contributed by atoms with Crippen LogP contribution < -0.4 is 10.6 Å². The summed E-state index contributed by atoms with van der Waals surface area (Å²) < 4.78 is 0. The summed E-state index contributed by atoms with van der Waals surface area (Å²) in [5.74, 6) is -1.28. The molecule has 0 aliphatic carbocycles. The highest BCUT2D eigenvalue weighted by atomic mass is 32.1. The Morgan fingerprint density at radius 2 is 2.29 bits per heavy atom. The quantitative estimate of drug-likeness (QED) is 0.580. The molecule has 1 rings (SSSR count). The molecule has 2 amide bonds. The Morgan fingerprint density at radius 3 is 2.76 bits per heavy atom. The van der Waals surface area contributed by atoms with E-state index >= 15 is 0 Å². The fourth-order valence-corrected chi connectivity index (χ4v) is 1.78. The molecule has 0 spiro atoms. The number of rotatable bonds is 5. The summed E-state index contributed by atoms with van der Waals surface area (Å²) in [6.45, 7) is 1.47. The Hall–Kier alpha value is -1.67. The molecule has 0 radical (unpaired) electrons. The number of carboxylic acids is 1. The van der Waals surface area contributed by atoms with Gasteiger partial charge in [-0.3, -0.25) is 0 Å². The fourth-order valence-electron chi connectivity index (χ4n) is 1.05. The third-order valence-corrected chi connectivity index (χ3v) is 2.79. The number of aliphatic carboxylic acids is 1. The number of carboxylic acid groups (broad SMARTS) is 1. The lowest BCUT2D eigenvalue weighted by molar-refractivity contribution is -0.140. The van der Waals surface area contributed by atoms with Crippen LogP contribution in [-0.2, 0) is 11.3 Å². The Bertz CT molecular complexity index is 407. The van der Waals surface area contributed by atoms with E-state index in [1.54, 1.807) is 6.20 Å². The van der Waals surface area contributed by atoms with Crippen molar-refractivity contribution < 1.29 is 19.8 Å². The minimum atomic E-state index is -1.29. The highest BCUT2D eigenvalue weighted by Crippen LogP contribution is 2.10. The summed E-state index contributed by atoms with van der Waals surface area (Å²) in [7, 11) is 0. The van der Waals surface area contributed by atoms with Gasteiger partial charge in [0.25, 0.3) is 0 Å². The van der Waals surface area contributed by atoms with Crippen molar-refractivity contribution in [2.24, 2.45) is 0 Å². The highest BCUT2D eigenvalue weighted by molar-refractivity contribution is 7.11. The second-order valence-corrected chi connectivity index (χ2v) is 4.57. The van der Waals surface area contributed by atoms with Crippen LogP contribution in [0.25, 0.3) is 0 Å². The van der Waals surface area contributed by atoms with Crippen molar-refractivity contribution in [3.8, 4) is 0 Å². The lowest BCUT2D eigenvalue weighted by Gasteiger charge is -2.11. The van der Waals surface area contributed by atoms with Crippen molar-refractivity contribution in [2.45, 2.75) is 19.5 Å². The molecule has 1 aromatic rings. The number of amides is 2. The molecule has 0 bridgehead atoms. The maximum absolute atomic E-state index is 11.3. The number of carbonyl (C=O) groups is 2.